The molecule has 0 saturated carbocycles. The predicted molar refractivity (Wildman–Crippen MR) is 51.8 cm³/mol. The van der Waals surface area contributed by atoms with Crippen molar-refractivity contribution in [2.75, 3.05) is 31.1 Å². The Labute approximate surface area is 82.4 Å². The molecule has 0 amide bonds. The summed E-state index contributed by atoms with van der Waals surface area (Å²) in [6.07, 6.45) is 1.44. The number of nitriles is 1. The van der Waals surface area contributed by atoms with Gasteiger partial charge in [-0.15, -0.1) is 0 Å². The second-order valence-electron chi connectivity index (χ2n) is 3.11. The van der Waals surface area contributed by atoms with Crippen LogP contribution in [-0.2, 0) is 0 Å². The molecule has 1 aromatic heterocycles. The van der Waals surface area contributed by atoms with Crippen LogP contribution in [0, 0.1) is 11.3 Å². The highest BCUT2D eigenvalue weighted by Crippen LogP contribution is 2.10. The van der Waals surface area contributed by atoms with E-state index in [9.17, 15) is 0 Å². The SMILES string of the molecule is N#Cc1cc(N2CCNCC2)ncn1. The van der Waals surface area contributed by atoms with Crippen LogP contribution < -0.4 is 10.2 Å². The number of hydrogen-bond acceptors (Lipinski definition) is 5. The zero-order chi connectivity index (χ0) is 9.80. The summed E-state index contributed by atoms with van der Waals surface area (Å²) in [6.45, 7) is 3.79. The summed E-state index contributed by atoms with van der Waals surface area (Å²) >= 11 is 0. The molecule has 0 aromatic carbocycles. The maximum Gasteiger partial charge on any atom is 0.145 e. The third kappa shape index (κ3) is 1.80. The summed E-state index contributed by atoms with van der Waals surface area (Å²) in [4.78, 5) is 10.1. The molecule has 1 aromatic rings. The number of anilines is 1. The maximum atomic E-state index is 8.69. The molecule has 1 aliphatic rings. The van der Waals surface area contributed by atoms with Gasteiger partial charge in [0.1, 0.15) is 23.9 Å². The minimum absolute atomic E-state index is 0.425. The van der Waals surface area contributed by atoms with Crippen LogP contribution in [0.3, 0.4) is 0 Å². The second-order valence-corrected chi connectivity index (χ2v) is 3.11. The van der Waals surface area contributed by atoms with Gasteiger partial charge in [0.05, 0.1) is 0 Å². The molecule has 0 spiro atoms. The van der Waals surface area contributed by atoms with Gasteiger partial charge in [-0.3, -0.25) is 0 Å². The van der Waals surface area contributed by atoms with Crippen molar-refractivity contribution in [1.82, 2.24) is 15.3 Å². The van der Waals surface area contributed by atoms with Crippen LogP contribution in [0.5, 0.6) is 0 Å². The third-order valence-electron chi connectivity index (χ3n) is 2.21. The molecule has 2 heterocycles. The monoisotopic (exact) mass is 189 g/mol. The average Bonchev–Trinajstić information content (AvgIpc) is 2.30. The minimum Gasteiger partial charge on any atom is -0.354 e. The quantitative estimate of drug-likeness (QED) is 0.660. The number of nitrogens with zero attached hydrogens (tertiary/aromatic N) is 4. The third-order valence-corrected chi connectivity index (χ3v) is 2.21. The van der Waals surface area contributed by atoms with E-state index in [1.54, 1.807) is 6.07 Å². The predicted octanol–water partition coefficient (Wildman–Crippen LogP) is -0.242. The highest BCUT2D eigenvalue weighted by Gasteiger charge is 2.11. The van der Waals surface area contributed by atoms with E-state index in [1.165, 1.54) is 6.33 Å². The number of aromatic nitrogens is 2. The van der Waals surface area contributed by atoms with Crippen molar-refractivity contribution in [2.24, 2.45) is 0 Å². The van der Waals surface area contributed by atoms with E-state index in [-0.39, 0.29) is 0 Å². The molecule has 72 valence electrons. The Hall–Kier alpha value is -1.67. The first-order chi connectivity index (χ1) is 6.90. The first-order valence-corrected chi connectivity index (χ1v) is 4.58. The fourth-order valence-corrected chi connectivity index (χ4v) is 1.48. The molecule has 0 bridgehead atoms. The van der Waals surface area contributed by atoms with E-state index in [2.05, 4.69) is 20.2 Å². The maximum absolute atomic E-state index is 8.69. The van der Waals surface area contributed by atoms with Gasteiger partial charge in [0, 0.05) is 32.2 Å². The van der Waals surface area contributed by atoms with Gasteiger partial charge in [0.25, 0.3) is 0 Å². The van der Waals surface area contributed by atoms with Gasteiger partial charge >= 0.3 is 0 Å². The molecule has 1 N–H and O–H groups in total. The number of piperazine rings is 1. The lowest BCUT2D eigenvalue weighted by Gasteiger charge is -2.28. The Morgan fingerprint density at radius 1 is 1.36 bits per heavy atom. The van der Waals surface area contributed by atoms with Gasteiger partial charge in [-0.25, -0.2) is 9.97 Å². The summed E-state index contributed by atoms with van der Waals surface area (Å²) in [5.74, 6) is 0.845. The second kappa shape index (κ2) is 4.03. The molecule has 1 saturated heterocycles. The fraction of sp³-hybridized carbons (Fsp3) is 0.444. The van der Waals surface area contributed by atoms with Crippen molar-refractivity contribution >= 4 is 5.82 Å². The van der Waals surface area contributed by atoms with Crippen molar-refractivity contribution in [3.63, 3.8) is 0 Å². The Kier molecular flexibility index (Phi) is 2.56. The van der Waals surface area contributed by atoms with E-state index >= 15 is 0 Å². The molecular weight excluding hydrogens is 178 g/mol. The molecule has 5 nitrogen and oxygen atoms in total. The minimum atomic E-state index is 0.425. The zero-order valence-corrected chi connectivity index (χ0v) is 7.77. The molecule has 1 fully saturated rings. The summed E-state index contributed by atoms with van der Waals surface area (Å²) in [7, 11) is 0. The van der Waals surface area contributed by atoms with Gasteiger partial charge in [0.2, 0.25) is 0 Å². The van der Waals surface area contributed by atoms with E-state index in [1.807, 2.05) is 6.07 Å². The lowest BCUT2D eigenvalue weighted by molar-refractivity contribution is 0.584. The number of nitrogens with one attached hydrogen (secondary N) is 1. The summed E-state index contributed by atoms with van der Waals surface area (Å²) in [5.41, 5.74) is 0.425. The van der Waals surface area contributed by atoms with Crippen molar-refractivity contribution in [3.8, 4) is 6.07 Å². The largest absolute Gasteiger partial charge is 0.354 e. The standard InChI is InChI=1S/C9H11N5/c10-6-8-5-9(13-7-12-8)14-3-1-11-2-4-14/h5,7,11H,1-4H2. The Balaban J connectivity index is 2.18. The molecule has 1 aliphatic heterocycles. The van der Waals surface area contributed by atoms with E-state index < -0.39 is 0 Å². The van der Waals surface area contributed by atoms with Gasteiger partial charge in [-0.05, 0) is 0 Å². The number of rotatable bonds is 1. The molecule has 0 aliphatic carbocycles. The summed E-state index contributed by atoms with van der Waals surface area (Å²) < 4.78 is 0. The molecule has 0 radical (unpaired) electrons. The van der Waals surface area contributed by atoms with Crippen LogP contribution in [0.15, 0.2) is 12.4 Å². The summed E-state index contributed by atoms with van der Waals surface area (Å²) in [6, 6.07) is 3.74. The van der Waals surface area contributed by atoms with Crippen LogP contribution in [0.25, 0.3) is 0 Å². The zero-order valence-electron chi connectivity index (χ0n) is 7.77. The highest BCUT2D eigenvalue weighted by molar-refractivity contribution is 5.42. The molecule has 0 unspecified atom stereocenters. The molecule has 2 rings (SSSR count). The van der Waals surface area contributed by atoms with Crippen LogP contribution >= 0.6 is 0 Å². The van der Waals surface area contributed by atoms with Crippen LogP contribution in [0.2, 0.25) is 0 Å². The Morgan fingerprint density at radius 3 is 2.86 bits per heavy atom. The molecular formula is C9H11N5. The molecule has 5 heteroatoms. The Morgan fingerprint density at radius 2 is 2.14 bits per heavy atom. The molecule has 0 atom stereocenters. The van der Waals surface area contributed by atoms with Gasteiger partial charge < -0.3 is 10.2 Å². The molecule has 14 heavy (non-hydrogen) atoms. The van der Waals surface area contributed by atoms with Crippen LogP contribution in [0.4, 0.5) is 5.82 Å². The van der Waals surface area contributed by atoms with Crippen LogP contribution in [0.1, 0.15) is 5.69 Å². The van der Waals surface area contributed by atoms with E-state index in [4.69, 9.17) is 5.26 Å². The van der Waals surface area contributed by atoms with Gasteiger partial charge in [-0.1, -0.05) is 0 Å². The topological polar surface area (TPSA) is 64.8 Å². The first kappa shape index (κ1) is 8.91. The fourth-order valence-electron chi connectivity index (χ4n) is 1.48. The van der Waals surface area contributed by atoms with Crippen LogP contribution in [-0.4, -0.2) is 36.1 Å². The van der Waals surface area contributed by atoms with Crippen molar-refractivity contribution in [3.05, 3.63) is 18.1 Å². The Bertz CT molecular complexity index is 350. The average molecular weight is 189 g/mol. The van der Waals surface area contributed by atoms with Crippen molar-refractivity contribution in [2.45, 2.75) is 0 Å². The lowest BCUT2D eigenvalue weighted by Crippen LogP contribution is -2.43. The highest BCUT2D eigenvalue weighted by atomic mass is 15.2. The summed E-state index contributed by atoms with van der Waals surface area (Å²) in [5, 5.41) is 12.0. The van der Waals surface area contributed by atoms with E-state index in [0.717, 1.165) is 32.0 Å². The van der Waals surface area contributed by atoms with Gasteiger partial charge in [-0.2, -0.15) is 5.26 Å². The van der Waals surface area contributed by atoms with Crippen molar-refractivity contribution in [1.29, 1.82) is 5.26 Å². The lowest BCUT2D eigenvalue weighted by atomic mass is 10.3. The van der Waals surface area contributed by atoms with E-state index in [0.29, 0.717) is 5.69 Å². The normalized spacial score (nSPS) is 16.4. The van der Waals surface area contributed by atoms with Crippen molar-refractivity contribution < 1.29 is 0 Å². The first-order valence-electron chi connectivity index (χ1n) is 4.58. The van der Waals surface area contributed by atoms with Gasteiger partial charge in [0.15, 0.2) is 0 Å². The smallest absolute Gasteiger partial charge is 0.145 e. The number of hydrogen-bond donors (Lipinski definition) is 1.